The van der Waals surface area contributed by atoms with E-state index in [4.69, 9.17) is 17.5 Å². The zero-order valence-electron chi connectivity index (χ0n) is 16.9. The molecule has 1 heterocycles. The zero-order valence-corrected chi connectivity index (χ0v) is 16.9. The van der Waals surface area contributed by atoms with Crippen LogP contribution in [0.15, 0.2) is 24.3 Å². The van der Waals surface area contributed by atoms with Crippen LogP contribution in [0.5, 0.6) is 11.5 Å². The molecule has 146 valence electrons. The Labute approximate surface area is 163 Å². The van der Waals surface area contributed by atoms with Gasteiger partial charge >= 0.3 is 0 Å². The summed E-state index contributed by atoms with van der Waals surface area (Å²) in [6, 6.07) is 3.67. The van der Waals surface area contributed by atoms with E-state index in [2.05, 4.69) is 6.58 Å². The van der Waals surface area contributed by atoms with Crippen LogP contribution in [0.25, 0.3) is 0 Å². The van der Waals surface area contributed by atoms with Gasteiger partial charge in [0.2, 0.25) is 0 Å². The average Bonchev–Trinajstić information content (AvgIpc) is 2.62. The third kappa shape index (κ3) is 5.14. The van der Waals surface area contributed by atoms with Crippen molar-refractivity contribution in [3.63, 3.8) is 0 Å². The van der Waals surface area contributed by atoms with Gasteiger partial charge in [-0.1, -0.05) is 20.4 Å². The van der Waals surface area contributed by atoms with Gasteiger partial charge in [-0.3, -0.25) is 4.79 Å². The van der Waals surface area contributed by atoms with Crippen LogP contribution < -0.4 is 9.47 Å². The van der Waals surface area contributed by atoms with E-state index in [0.29, 0.717) is 36.5 Å². The number of carbonyl (C=O) groups excluding carboxylic acids is 1. The lowest BCUT2D eigenvalue weighted by atomic mass is 9.80. The summed E-state index contributed by atoms with van der Waals surface area (Å²) in [6.45, 7) is 8.83. The molecule has 0 amide bonds. The number of rotatable bonds is 9. The number of hydrogen-bond donors (Lipinski definition) is 1. The Morgan fingerprint density at radius 1 is 1.33 bits per heavy atom. The van der Waals surface area contributed by atoms with Crippen LogP contribution in [0.3, 0.4) is 0 Å². The molecule has 1 aromatic rings. The smallest absolute Gasteiger partial charge is 0.183 e. The molecular weight excluding hydrogens is 341 g/mol. The standard InChI is InChI=1S/C21H30BNO4/c1-14(13-21(2,3)7-9-24)18(25)12-17-16-11-20(27-5)19(26-4)10-15(16)6-8-23(17)22/h10-11,17,24H,1,6-9,12-13H2,2-5H3/t17-/m1/s1. The number of benzene rings is 1. The summed E-state index contributed by atoms with van der Waals surface area (Å²) in [6.07, 6.45) is 2.25. The van der Waals surface area contributed by atoms with Gasteiger partial charge in [0.25, 0.3) is 0 Å². The first-order valence-electron chi connectivity index (χ1n) is 9.30. The highest BCUT2D eigenvalue weighted by molar-refractivity contribution is 6.05. The minimum absolute atomic E-state index is 0.00380. The van der Waals surface area contributed by atoms with E-state index in [-0.39, 0.29) is 30.3 Å². The van der Waals surface area contributed by atoms with Gasteiger partial charge in [0.15, 0.2) is 25.3 Å². The monoisotopic (exact) mass is 371 g/mol. The van der Waals surface area contributed by atoms with Crippen molar-refractivity contribution in [2.45, 2.75) is 45.6 Å². The van der Waals surface area contributed by atoms with E-state index in [1.54, 1.807) is 19.0 Å². The molecule has 0 saturated carbocycles. The molecule has 1 aliphatic rings. The van der Waals surface area contributed by atoms with Crippen molar-refractivity contribution in [2.75, 3.05) is 27.4 Å². The summed E-state index contributed by atoms with van der Waals surface area (Å²) in [4.78, 5) is 14.5. The van der Waals surface area contributed by atoms with Crippen molar-refractivity contribution in [2.24, 2.45) is 5.41 Å². The highest BCUT2D eigenvalue weighted by Crippen LogP contribution is 2.39. The van der Waals surface area contributed by atoms with Crippen LogP contribution in [0.2, 0.25) is 0 Å². The molecule has 0 aromatic heterocycles. The van der Waals surface area contributed by atoms with E-state index in [1.165, 1.54) is 0 Å². The van der Waals surface area contributed by atoms with Gasteiger partial charge in [-0.15, -0.1) is 0 Å². The first-order chi connectivity index (χ1) is 12.7. The topological polar surface area (TPSA) is 59.0 Å². The number of ether oxygens (including phenoxy) is 2. The van der Waals surface area contributed by atoms with E-state index in [0.717, 1.165) is 17.5 Å². The van der Waals surface area contributed by atoms with Crippen molar-refractivity contribution in [3.05, 3.63) is 35.4 Å². The molecule has 6 heteroatoms. The Balaban J connectivity index is 2.21. The molecule has 0 fully saturated rings. The van der Waals surface area contributed by atoms with Gasteiger partial charge in [0.1, 0.15) is 0 Å². The van der Waals surface area contributed by atoms with Crippen molar-refractivity contribution in [3.8, 4) is 11.5 Å². The van der Waals surface area contributed by atoms with Crippen molar-refractivity contribution in [1.29, 1.82) is 0 Å². The second-order valence-electron chi connectivity index (χ2n) is 7.96. The molecule has 27 heavy (non-hydrogen) atoms. The maximum Gasteiger partial charge on any atom is 0.183 e. The molecule has 0 bridgehead atoms. The van der Waals surface area contributed by atoms with Crippen LogP contribution in [0.4, 0.5) is 0 Å². The van der Waals surface area contributed by atoms with Gasteiger partial charge in [-0.2, -0.15) is 0 Å². The van der Waals surface area contributed by atoms with Crippen LogP contribution in [-0.2, 0) is 11.2 Å². The van der Waals surface area contributed by atoms with Crippen molar-refractivity contribution in [1.82, 2.24) is 4.81 Å². The number of fused-ring (bicyclic) bond motifs is 1. The third-order valence-electron chi connectivity index (χ3n) is 5.30. The largest absolute Gasteiger partial charge is 0.493 e. The quantitative estimate of drug-likeness (QED) is 0.534. The molecule has 1 N–H and O–H groups in total. The fourth-order valence-corrected chi connectivity index (χ4v) is 3.66. The maximum atomic E-state index is 12.8. The van der Waals surface area contributed by atoms with Gasteiger partial charge in [-0.05, 0) is 60.1 Å². The molecule has 1 aromatic carbocycles. The predicted octanol–water partition coefficient (Wildman–Crippen LogP) is 3.00. The second-order valence-corrected chi connectivity index (χ2v) is 7.96. The summed E-state index contributed by atoms with van der Waals surface area (Å²) in [5.41, 5.74) is 2.54. The van der Waals surface area contributed by atoms with Gasteiger partial charge in [0, 0.05) is 19.1 Å². The maximum absolute atomic E-state index is 12.8. The highest BCUT2D eigenvalue weighted by atomic mass is 16.5. The Kier molecular flexibility index (Phi) is 7.12. The summed E-state index contributed by atoms with van der Waals surface area (Å²) < 4.78 is 10.8. The summed E-state index contributed by atoms with van der Waals surface area (Å²) >= 11 is 0. The highest BCUT2D eigenvalue weighted by Gasteiger charge is 2.30. The number of methoxy groups -OCH3 is 2. The van der Waals surface area contributed by atoms with Gasteiger partial charge < -0.3 is 19.4 Å². The van der Waals surface area contributed by atoms with E-state index in [1.807, 2.05) is 26.0 Å². The molecule has 0 spiro atoms. The average molecular weight is 371 g/mol. The molecule has 1 atom stereocenters. The number of allylic oxidation sites excluding steroid dienone is 1. The van der Waals surface area contributed by atoms with E-state index in [9.17, 15) is 9.90 Å². The van der Waals surface area contributed by atoms with E-state index < -0.39 is 0 Å². The SMILES string of the molecule is [B]N1CCc2cc(OC)c(OC)cc2[C@H]1CC(=O)C(=C)CC(C)(C)CCO. The lowest BCUT2D eigenvalue weighted by molar-refractivity contribution is -0.116. The lowest BCUT2D eigenvalue weighted by Crippen LogP contribution is -2.35. The number of ketones is 1. The Morgan fingerprint density at radius 3 is 2.56 bits per heavy atom. The first kappa shape index (κ1) is 21.5. The normalized spacial score (nSPS) is 17.3. The second kappa shape index (κ2) is 8.94. The summed E-state index contributed by atoms with van der Waals surface area (Å²) in [7, 11) is 9.43. The Morgan fingerprint density at radius 2 is 1.96 bits per heavy atom. The predicted molar refractivity (Wildman–Crippen MR) is 107 cm³/mol. The molecule has 2 rings (SSSR count). The number of carbonyl (C=O) groups is 1. The van der Waals surface area contributed by atoms with Crippen LogP contribution >= 0.6 is 0 Å². The number of aliphatic hydroxyl groups is 1. The van der Waals surface area contributed by atoms with Crippen molar-refractivity contribution < 1.29 is 19.4 Å². The Bertz CT molecular complexity index is 702. The molecule has 2 radical (unpaired) electrons. The first-order valence-corrected chi connectivity index (χ1v) is 9.30. The Hall–Kier alpha value is -1.79. The van der Waals surface area contributed by atoms with Crippen LogP contribution in [0.1, 0.15) is 50.3 Å². The minimum Gasteiger partial charge on any atom is -0.493 e. The fraction of sp³-hybridized carbons (Fsp3) is 0.571. The number of aliphatic hydroxyl groups excluding tert-OH is 1. The lowest BCUT2D eigenvalue weighted by Gasteiger charge is -2.36. The summed E-state index contributed by atoms with van der Waals surface area (Å²) in [5.74, 6) is 1.32. The van der Waals surface area contributed by atoms with Gasteiger partial charge in [-0.25, -0.2) is 0 Å². The molecular formula is C21H30BNO4. The number of nitrogens with zero attached hydrogens (tertiary/aromatic N) is 1. The van der Waals surface area contributed by atoms with Crippen LogP contribution in [0, 0.1) is 5.41 Å². The minimum atomic E-state index is -0.223. The molecule has 0 unspecified atom stereocenters. The zero-order chi connectivity index (χ0) is 20.2. The molecule has 0 saturated heterocycles. The van der Waals surface area contributed by atoms with Gasteiger partial charge in [0.05, 0.1) is 14.2 Å². The molecule has 5 nitrogen and oxygen atoms in total. The molecule has 1 aliphatic heterocycles. The fourth-order valence-electron chi connectivity index (χ4n) is 3.66. The summed E-state index contributed by atoms with van der Waals surface area (Å²) in [5, 5.41) is 9.19. The van der Waals surface area contributed by atoms with Crippen LogP contribution in [-0.4, -0.2) is 51.1 Å². The van der Waals surface area contributed by atoms with E-state index >= 15 is 0 Å². The number of hydrogen-bond acceptors (Lipinski definition) is 5. The van der Waals surface area contributed by atoms with Crippen molar-refractivity contribution >= 4 is 13.8 Å². The third-order valence-corrected chi connectivity index (χ3v) is 5.30. The molecule has 0 aliphatic carbocycles. The number of Topliss-reactive ketones (excluding diaryl/α,β-unsaturated/α-hetero) is 1.